The van der Waals surface area contributed by atoms with Gasteiger partial charge in [0.1, 0.15) is 11.6 Å². The second-order valence-electron chi connectivity index (χ2n) is 5.48. The summed E-state index contributed by atoms with van der Waals surface area (Å²) in [7, 11) is 0. The number of hydrogen-bond donors (Lipinski definition) is 3. The van der Waals surface area contributed by atoms with Crippen molar-refractivity contribution in [1.29, 1.82) is 0 Å². The van der Waals surface area contributed by atoms with Crippen LogP contribution >= 0.6 is 12.2 Å². The first kappa shape index (κ1) is 15.7. The van der Waals surface area contributed by atoms with Gasteiger partial charge in [-0.25, -0.2) is 4.39 Å². The fourth-order valence-corrected chi connectivity index (χ4v) is 3.00. The maximum Gasteiger partial charge on any atom is 0.255 e. The van der Waals surface area contributed by atoms with Gasteiger partial charge in [-0.2, -0.15) is 0 Å². The van der Waals surface area contributed by atoms with Crippen LogP contribution in [0.25, 0.3) is 0 Å². The van der Waals surface area contributed by atoms with Crippen molar-refractivity contribution in [3.05, 3.63) is 29.6 Å². The third kappa shape index (κ3) is 3.50. The van der Waals surface area contributed by atoms with E-state index < -0.39 is 17.3 Å². The van der Waals surface area contributed by atoms with Crippen LogP contribution < -0.4 is 11.1 Å². The predicted molar refractivity (Wildman–Crippen MR) is 82.7 cm³/mol. The molecule has 0 bridgehead atoms. The van der Waals surface area contributed by atoms with Crippen molar-refractivity contribution >= 4 is 23.1 Å². The number of carbonyl (C=O) groups is 1. The van der Waals surface area contributed by atoms with Crippen LogP contribution in [0.3, 0.4) is 0 Å². The lowest BCUT2D eigenvalue weighted by atomic mass is 9.89. The number of nitrogens with two attached hydrogens (primary N) is 1. The monoisotopic (exact) mass is 310 g/mol. The molecule has 1 fully saturated rings. The van der Waals surface area contributed by atoms with Crippen LogP contribution in [0.15, 0.2) is 18.2 Å². The third-order valence-corrected chi connectivity index (χ3v) is 4.38. The smallest absolute Gasteiger partial charge is 0.255 e. The summed E-state index contributed by atoms with van der Waals surface area (Å²) < 4.78 is 13.3. The predicted octanol–water partition coefficient (Wildman–Crippen LogP) is 2.64. The molecule has 1 aliphatic carbocycles. The molecule has 0 atom stereocenters. The van der Waals surface area contributed by atoms with Crippen LogP contribution in [0.1, 0.15) is 48.9 Å². The highest BCUT2D eigenvalue weighted by molar-refractivity contribution is 7.80. The molecule has 1 saturated carbocycles. The minimum atomic E-state index is -0.748. The van der Waals surface area contributed by atoms with Crippen LogP contribution in [0.2, 0.25) is 0 Å². The van der Waals surface area contributed by atoms with Crippen LogP contribution in [0.4, 0.5) is 4.39 Å². The maximum absolute atomic E-state index is 13.3. The Bertz CT molecular complexity index is 555. The van der Waals surface area contributed by atoms with E-state index in [0.29, 0.717) is 12.8 Å². The van der Waals surface area contributed by atoms with Crippen LogP contribution in [0, 0.1) is 5.82 Å². The van der Waals surface area contributed by atoms with Gasteiger partial charge in [0.15, 0.2) is 0 Å². The standard InChI is InChI=1S/C15H19FN2O2S/c16-10-5-6-12(19)11(9-10)13(20)18-15(14(17)21)7-3-1-2-4-8-15/h5-6,9,19H,1-4,7-8H2,(H2,17,21)(H,18,20). The Labute approximate surface area is 128 Å². The summed E-state index contributed by atoms with van der Waals surface area (Å²) in [5, 5.41) is 12.5. The molecule has 0 spiro atoms. The van der Waals surface area contributed by atoms with Gasteiger partial charge in [0.05, 0.1) is 16.1 Å². The number of aromatic hydroxyl groups is 1. The average Bonchev–Trinajstić information content (AvgIpc) is 2.68. The Morgan fingerprint density at radius 1 is 1.29 bits per heavy atom. The van der Waals surface area contributed by atoms with Gasteiger partial charge in [-0.15, -0.1) is 0 Å². The third-order valence-electron chi connectivity index (χ3n) is 3.98. The molecule has 1 aromatic carbocycles. The first-order valence-corrected chi connectivity index (χ1v) is 7.46. The number of halogens is 1. The van der Waals surface area contributed by atoms with E-state index in [0.717, 1.165) is 43.9 Å². The number of amides is 1. The summed E-state index contributed by atoms with van der Waals surface area (Å²) in [5.41, 5.74) is 5.00. The first-order valence-electron chi connectivity index (χ1n) is 7.05. The Kier molecular flexibility index (Phi) is 4.77. The van der Waals surface area contributed by atoms with E-state index in [9.17, 15) is 14.3 Å². The molecule has 1 amide bonds. The average molecular weight is 310 g/mol. The zero-order valence-corrected chi connectivity index (χ0v) is 12.5. The molecule has 0 heterocycles. The van der Waals surface area contributed by atoms with Gasteiger partial charge >= 0.3 is 0 Å². The summed E-state index contributed by atoms with van der Waals surface area (Å²) in [6.45, 7) is 0. The van der Waals surface area contributed by atoms with E-state index in [1.54, 1.807) is 0 Å². The molecule has 114 valence electrons. The molecule has 1 aromatic rings. The van der Waals surface area contributed by atoms with Crippen LogP contribution in [-0.2, 0) is 0 Å². The van der Waals surface area contributed by atoms with E-state index in [1.165, 1.54) is 0 Å². The molecule has 4 nitrogen and oxygen atoms in total. The molecule has 21 heavy (non-hydrogen) atoms. The summed E-state index contributed by atoms with van der Waals surface area (Å²) >= 11 is 5.14. The number of phenolic OH excluding ortho intramolecular Hbond substituents is 1. The van der Waals surface area contributed by atoms with Gasteiger partial charge in [0.25, 0.3) is 5.91 Å². The van der Waals surface area contributed by atoms with Gasteiger partial charge in [0, 0.05) is 0 Å². The molecule has 0 aliphatic heterocycles. The molecule has 2 rings (SSSR count). The van der Waals surface area contributed by atoms with Crippen molar-refractivity contribution in [3.8, 4) is 5.75 Å². The lowest BCUT2D eigenvalue weighted by molar-refractivity contribution is 0.0914. The second-order valence-corrected chi connectivity index (χ2v) is 5.92. The Morgan fingerprint density at radius 3 is 2.48 bits per heavy atom. The molecule has 0 aromatic heterocycles. The minimum absolute atomic E-state index is 0.102. The van der Waals surface area contributed by atoms with Crippen molar-refractivity contribution in [3.63, 3.8) is 0 Å². The number of carbonyl (C=O) groups excluding carboxylic acids is 1. The van der Waals surface area contributed by atoms with Gasteiger partial charge in [-0.05, 0) is 31.0 Å². The number of thiocarbonyl (C=S) groups is 1. The van der Waals surface area contributed by atoms with Crippen LogP contribution in [0.5, 0.6) is 5.75 Å². The maximum atomic E-state index is 13.3. The van der Waals surface area contributed by atoms with Crippen molar-refractivity contribution in [1.82, 2.24) is 5.32 Å². The van der Waals surface area contributed by atoms with E-state index >= 15 is 0 Å². The van der Waals surface area contributed by atoms with E-state index in [4.69, 9.17) is 18.0 Å². The number of nitrogens with one attached hydrogen (secondary N) is 1. The fraction of sp³-hybridized carbons (Fsp3) is 0.467. The van der Waals surface area contributed by atoms with E-state index in [-0.39, 0.29) is 16.3 Å². The minimum Gasteiger partial charge on any atom is -0.507 e. The van der Waals surface area contributed by atoms with Crippen LogP contribution in [-0.4, -0.2) is 21.5 Å². The van der Waals surface area contributed by atoms with Gasteiger partial charge in [-0.1, -0.05) is 37.9 Å². The second kappa shape index (κ2) is 6.39. The number of benzene rings is 1. The zero-order valence-electron chi connectivity index (χ0n) is 11.7. The summed E-state index contributed by atoms with van der Waals surface area (Å²) in [4.78, 5) is 12.6. The molecule has 0 saturated heterocycles. The fourth-order valence-electron chi connectivity index (χ4n) is 2.74. The highest BCUT2D eigenvalue weighted by Gasteiger charge is 2.36. The van der Waals surface area contributed by atoms with Crippen molar-refractivity contribution < 1.29 is 14.3 Å². The van der Waals surface area contributed by atoms with Gasteiger partial charge in [-0.3, -0.25) is 4.79 Å². The Balaban J connectivity index is 2.26. The van der Waals surface area contributed by atoms with Crippen molar-refractivity contribution in [2.75, 3.05) is 0 Å². The molecule has 4 N–H and O–H groups in total. The van der Waals surface area contributed by atoms with Gasteiger partial charge in [0.2, 0.25) is 0 Å². The highest BCUT2D eigenvalue weighted by atomic mass is 32.1. The summed E-state index contributed by atoms with van der Waals surface area (Å²) in [5.74, 6) is -1.40. The largest absolute Gasteiger partial charge is 0.507 e. The topological polar surface area (TPSA) is 75.3 Å². The van der Waals surface area contributed by atoms with Crippen molar-refractivity contribution in [2.45, 2.75) is 44.1 Å². The quantitative estimate of drug-likeness (QED) is 0.592. The van der Waals surface area contributed by atoms with E-state index in [1.807, 2.05) is 0 Å². The number of hydrogen-bond acceptors (Lipinski definition) is 3. The number of phenols is 1. The van der Waals surface area contributed by atoms with E-state index in [2.05, 4.69) is 5.32 Å². The summed E-state index contributed by atoms with van der Waals surface area (Å²) in [6.07, 6.45) is 5.34. The molecule has 6 heteroatoms. The normalized spacial score (nSPS) is 17.8. The molecule has 1 aliphatic rings. The Morgan fingerprint density at radius 2 is 1.90 bits per heavy atom. The Hall–Kier alpha value is -1.69. The van der Waals surface area contributed by atoms with Crippen molar-refractivity contribution in [2.24, 2.45) is 5.73 Å². The molecular formula is C15H19FN2O2S. The van der Waals surface area contributed by atoms with Gasteiger partial charge < -0.3 is 16.2 Å². The first-order chi connectivity index (χ1) is 9.94. The highest BCUT2D eigenvalue weighted by Crippen LogP contribution is 2.29. The lowest BCUT2D eigenvalue weighted by Gasteiger charge is -2.33. The lowest BCUT2D eigenvalue weighted by Crippen LogP contribution is -2.56. The SMILES string of the molecule is NC(=S)C1(NC(=O)c2cc(F)ccc2O)CCCCCC1. The molecule has 0 unspecified atom stereocenters. The summed E-state index contributed by atoms with van der Waals surface area (Å²) in [6, 6.07) is 3.26. The number of rotatable bonds is 3. The zero-order chi connectivity index (χ0) is 15.5. The molecular weight excluding hydrogens is 291 g/mol. The molecule has 0 radical (unpaired) electrons.